The van der Waals surface area contributed by atoms with Gasteiger partial charge in [-0.25, -0.2) is 0 Å². The van der Waals surface area contributed by atoms with Crippen molar-refractivity contribution in [3.63, 3.8) is 0 Å². The van der Waals surface area contributed by atoms with E-state index < -0.39 is 11.2 Å². The first-order valence-electron chi connectivity index (χ1n) is 32.3. The Morgan fingerprint density at radius 3 is 1.06 bits per heavy atom. The number of esters is 2. The molecule has 0 saturated carbocycles. The van der Waals surface area contributed by atoms with Gasteiger partial charge in [-0.05, 0) is 150 Å². The van der Waals surface area contributed by atoms with Crippen LogP contribution < -0.4 is 63.6 Å². The van der Waals surface area contributed by atoms with Crippen molar-refractivity contribution in [3.05, 3.63) is 268 Å². The maximum Gasteiger partial charge on any atom is 1.00 e. The van der Waals surface area contributed by atoms with Crippen LogP contribution in [0.2, 0.25) is 0 Å². The molecule has 107 heavy (non-hydrogen) atoms. The number of thiophene rings is 3. The number of halogens is 1. The Labute approximate surface area is 648 Å². The molecule has 0 aliphatic carbocycles. The summed E-state index contributed by atoms with van der Waals surface area (Å²) in [6.45, 7) is 0. The summed E-state index contributed by atoms with van der Waals surface area (Å²) in [6, 6.07) is 72.7. The molecule has 6 N–H and O–H groups in total. The van der Waals surface area contributed by atoms with Crippen molar-refractivity contribution < 1.29 is 96.1 Å². The zero-order valence-electron chi connectivity index (χ0n) is 59.9. The number of aliphatic carboxylic acids is 1. The molecule has 0 aliphatic heterocycles. The van der Waals surface area contributed by atoms with Gasteiger partial charge in [-0.2, -0.15) is 0 Å². The van der Waals surface area contributed by atoms with Crippen molar-refractivity contribution in [3.8, 4) is 99.2 Å². The number of hydrogen-bond donors (Lipinski definition) is 4. The van der Waals surface area contributed by atoms with Crippen LogP contribution in [-0.4, -0.2) is 102 Å². The standard InChI is InChI=1S/C28H25NO5S.C27H23NO5S.C15H13ClO3.C13H13NO2S.Li.H2O/c1-32-20-11-13-22(25(16-20)33-2)18-7-6-8-19(15-18)28(31)29-24-10-5-4-9-23(24)26-14-12-21(35-26)17-27(30)34-3;1-32-19-10-12-21(24(15-19)33-2)17-6-5-7-18(14-17)27(31)28-23-9-4-3-8-22(23)25-13-11-20(34-25)16-26(29)30;1-18-12-6-7-13(14(9-12)19-2)10-4-3-5-11(8-10)15(16)17;1-16-13(15)8-9-6-7-12(17-9)10-4-2-3-5-11(10)14;;/h4-16H,17H2,1-3H3,(H,29,31);3-15H,16H2,1-2H3,(H,28,31)(H,29,30);3-9H,1-2H3;2-7H,8,14H2,1H3;;1H2/q;;;;+1;/p-1. The third-order valence-electron chi connectivity index (χ3n) is 16.0. The molecule has 3 aromatic heterocycles. The van der Waals surface area contributed by atoms with Crippen LogP contribution in [0.1, 0.15) is 45.7 Å². The fourth-order valence-corrected chi connectivity index (χ4v) is 14.0. The van der Waals surface area contributed by atoms with E-state index in [1.165, 1.54) is 36.9 Å². The summed E-state index contributed by atoms with van der Waals surface area (Å²) in [5.74, 6) is 2.23. The van der Waals surface area contributed by atoms with E-state index in [1.807, 2.05) is 188 Å². The van der Waals surface area contributed by atoms with Crippen molar-refractivity contribution in [2.75, 3.05) is 73.2 Å². The van der Waals surface area contributed by atoms with Crippen LogP contribution in [0.4, 0.5) is 17.1 Å². The zero-order chi connectivity index (χ0) is 74.9. The quantitative estimate of drug-likeness (QED) is 0.0200. The number of amides is 2. The molecule has 9 aromatic carbocycles. The van der Waals surface area contributed by atoms with E-state index in [1.54, 1.807) is 103 Å². The first-order chi connectivity index (χ1) is 50.8. The van der Waals surface area contributed by atoms with Crippen LogP contribution >= 0.6 is 45.6 Å². The van der Waals surface area contributed by atoms with Crippen LogP contribution in [-0.2, 0) is 43.1 Å². The predicted octanol–water partition coefficient (Wildman–Crippen LogP) is 15.3. The van der Waals surface area contributed by atoms with Crippen molar-refractivity contribution in [1.82, 2.24) is 0 Å². The summed E-state index contributed by atoms with van der Waals surface area (Å²) in [4.78, 5) is 76.9. The third kappa shape index (κ3) is 22.5. The molecular weight excluding hydrogens is 1430 g/mol. The molecular formula is C83H75ClLiN3O16S3. The second kappa shape index (κ2) is 40.7. The Morgan fingerprint density at radius 2 is 0.710 bits per heavy atom. The van der Waals surface area contributed by atoms with Crippen LogP contribution in [0.25, 0.3) is 64.7 Å². The Balaban J connectivity index is 0.000000206. The second-order valence-electron chi connectivity index (χ2n) is 22.7. The summed E-state index contributed by atoms with van der Waals surface area (Å²) in [7, 11) is 12.4. The van der Waals surface area contributed by atoms with Gasteiger partial charge < -0.3 is 64.8 Å². The molecule has 0 fully saturated rings. The van der Waals surface area contributed by atoms with Gasteiger partial charge in [-0.3, -0.25) is 28.8 Å². The van der Waals surface area contributed by atoms with Gasteiger partial charge in [0.15, 0.2) is 0 Å². The van der Waals surface area contributed by atoms with E-state index in [9.17, 15) is 28.8 Å². The van der Waals surface area contributed by atoms with Crippen molar-refractivity contribution in [2.24, 2.45) is 0 Å². The van der Waals surface area contributed by atoms with Gasteiger partial charge in [-0.1, -0.05) is 97.1 Å². The molecule has 0 bridgehead atoms. The number of carbonyl (C=O) groups excluding carboxylic acids is 5. The molecule has 3 heterocycles. The molecule has 0 unspecified atom stereocenters. The van der Waals surface area contributed by atoms with E-state index in [2.05, 4.69) is 15.4 Å². The minimum Gasteiger partial charge on any atom is -0.870 e. The Hall–Kier alpha value is -11.5. The fourth-order valence-electron chi connectivity index (χ4n) is 10.7. The predicted molar refractivity (Wildman–Crippen MR) is 419 cm³/mol. The van der Waals surface area contributed by atoms with Gasteiger partial charge >= 0.3 is 36.8 Å². The van der Waals surface area contributed by atoms with Gasteiger partial charge in [0, 0.05) is 115 Å². The molecule has 12 aromatic rings. The Bertz CT molecular complexity index is 5060. The molecule has 12 rings (SSSR count). The summed E-state index contributed by atoms with van der Waals surface area (Å²) in [6.07, 6.45) is 0.506. The molecule has 24 heteroatoms. The first kappa shape index (κ1) is 82.8. The fraction of sp³-hybridized carbons (Fsp3) is 0.133. The minimum atomic E-state index is -0.872. The number of nitrogens with two attached hydrogens (primary N) is 1. The maximum absolute atomic E-state index is 13.2. The Morgan fingerprint density at radius 1 is 0.374 bits per heavy atom. The molecule has 0 spiro atoms. The molecule has 0 atom stereocenters. The number of carbonyl (C=O) groups is 6. The van der Waals surface area contributed by atoms with Gasteiger partial charge in [0.25, 0.3) is 17.1 Å². The summed E-state index contributed by atoms with van der Waals surface area (Å²) in [5.41, 5.74) is 17.4. The second-order valence-corrected chi connectivity index (χ2v) is 26.5. The number of nitrogens with one attached hydrogen (secondary N) is 2. The van der Waals surface area contributed by atoms with Gasteiger partial charge in [0.2, 0.25) is 0 Å². The van der Waals surface area contributed by atoms with Crippen LogP contribution in [0.3, 0.4) is 0 Å². The zero-order valence-corrected chi connectivity index (χ0v) is 63.1. The molecule has 544 valence electrons. The largest absolute Gasteiger partial charge is 1.00 e. The SMILES string of the molecule is COC(=O)Cc1ccc(-c2ccccc2N)s1.COC(=O)Cc1ccc(-c2ccccc2NC(=O)c2cccc(-c3ccc(OC)cc3OC)c2)s1.COc1ccc(-c2cccc(C(=O)Cl)c2)c(OC)c1.COc1ccc(-c2cccc(C(=O)Nc3ccccc3-c3ccc(CC(=O)O)s3)c2)c(OC)c1.[Li+].[OH-]. The number of nitrogen functional groups attached to an aromatic ring is 1. The van der Waals surface area contributed by atoms with E-state index >= 15 is 0 Å². The van der Waals surface area contributed by atoms with Gasteiger partial charge in [0.1, 0.15) is 34.5 Å². The average molecular weight is 1510 g/mol. The average Bonchev–Trinajstić information content (AvgIpc) is 1.40. The van der Waals surface area contributed by atoms with E-state index in [0.717, 1.165) is 85.0 Å². The third-order valence-corrected chi connectivity index (χ3v) is 19.6. The smallest absolute Gasteiger partial charge is 0.870 e. The van der Waals surface area contributed by atoms with Gasteiger partial charge in [0.05, 0.1) is 76.1 Å². The van der Waals surface area contributed by atoms with E-state index in [-0.39, 0.29) is 60.9 Å². The molecule has 19 nitrogen and oxygen atoms in total. The molecule has 0 aliphatic rings. The number of methoxy groups -OCH3 is 8. The number of carboxylic acid groups (broad SMARTS) is 1. The normalized spacial score (nSPS) is 10.2. The number of ether oxygens (including phenoxy) is 8. The van der Waals surface area contributed by atoms with E-state index in [0.29, 0.717) is 69.0 Å². The van der Waals surface area contributed by atoms with Crippen molar-refractivity contribution in [2.45, 2.75) is 19.3 Å². The van der Waals surface area contributed by atoms with Crippen molar-refractivity contribution in [1.29, 1.82) is 0 Å². The number of para-hydroxylation sites is 3. The number of anilines is 3. The summed E-state index contributed by atoms with van der Waals surface area (Å²) in [5, 5.41) is 14.6. The summed E-state index contributed by atoms with van der Waals surface area (Å²) < 4.78 is 41.5. The topological polar surface area (TPSA) is 277 Å². The number of hydrogen-bond acceptors (Lipinski definition) is 19. The van der Waals surface area contributed by atoms with Crippen LogP contribution in [0.5, 0.6) is 34.5 Å². The van der Waals surface area contributed by atoms with Crippen LogP contribution in [0, 0.1) is 0 Å². The maximum atomic E-state index is 13.2. The van der Waals surface area contributed by atoms with Gasteiger partial charge in [-0.15, -0.1) is 34.0 Å². The monoisotopic (exact) mass is 1510 g/mol. The van der Waals surface area contributed by atoms with E-state index in [4.69, 9.17) is 55.6 Å². The van der Waals surface area contributed by atoms with Crippen molar-refractivity contribution >= 4 is 97.6 Å². The number of carboxylic acids is 1. The molecule has 2 amide bonds. The minimum absolute atomic E-state index is 0. The molecule has 0 saturated heterocycles. The number of rotatable bonds is 23. The molecule has 0 radical (unpaired) electrons. The summed E-state index contributed by atoms with van der Waals surface area (Å²) >= 11 is 9.96. The Kier molecular flexibility index (Phi) is 31.5. The first-order valence-corrected chi connectivity index (χ1v) is 35.1. The number of benzene rings is 9. The van der Waals surface area contributed by atoms with Crippen LogP contribution in [0.15, 0.2) is 237 Å².